The molecule has 0 spiro atoms. The summed E-state index contributed by atoms with van der Waals surface area (Å²) in [5, 5.41) is 13.6. The highest BCUT2D eigenvalue weighted by atomic mass is 19.2. The smallest absolute Gasteiger partial charge is 0.399 e. The van der Waals surface area contributed by atoms with Crippen LogP contribution in [0.3, 0.4) is 0 Å². The Hall–Kier alpha value is -2.44. The Labute approximate surface area is 163 Å². The van der Waals surface area contributed by atoms with Gasteiger partial charge in [0.05, 0.1) is 11.2 Å². The van der Waals surface area contributed by atoms with Crippen LogP contribution in [0.1, 0.15) is 53.1 Å². The predicted molar refractivity (Wildman–Crippen MR) is 103 cm³/mol. The summed E-state index contributed by atoms with van der Waals surface area (Å²) in [4.78, 5) is 0. The van der Waals surface area contributed by atoms with Crippen molar-refractivity contribution in [1.82, 2.24) is 9.78 Å². The van der Waals surface area contributed by atoms with Gasteiger partial charge in [0.15, 0.2) is 11.6 Å². The summed E-state index contributed by atoms with van der Waals surface area (Å²) >= 11 is 0. The summed E-state index contributed by atoms with van der Waals surface area (Å²) in [6.45, 7) is 11.0. The van der Waals surface area contributed by atoms with E-state index in [9.17, 15) is 14.0 Å². The Morgan fingerprint density at radius 2 is 1.71 bits per heavy atom. The van der Waals surface area contributed by atoms with E-state index >= 15 is 0 Å². The zero-order chi connectivity index (χ0) is 21.0. The molecule has 0 aliphatic carbocycles. The molecule has 0 radical (unpaired) electrons. The van der Waals surface area contributed by atoms with Gasteiger partial charge in [-0.1, -0.05) is 6.07 Å². The number of nitrogens with zero attached hydrogens (tertiary/aromatic N) is 3. The molecule has 0 bridgehead atoms. The molecule has 1 fully saturated rings. The topological polar surface area (TPSA) is 86.1 Å². The lowest BCUT2D eigenvalue weighted by molar-refractivity contribution is 0.00578. The van der Waals surface area contributed by atoms with Crippen molar-refractivity contribution in [2.45, 2.75) is 58.8 Å². The van der Waals surface area contributed by atoms with Crippen molar-refractivity contribution in [2.24, 2.45) is 0 Å². The van der Waals surface area contributed by atoms with Gasteiger partial charge in [0, 0.05) is 17.1 Å². The average Bonchev–Trinajstić information content (AvgIpc) is 3.02. The standard InChI is InChI=1S/C19H23BF2N4O2/c1-10(2)26-17(24)12(9-23)16(25-26)11-7-8-13(15(22)14(11)21)20-27-18(3,4)19(5,6)28-20/h7-8,10H,24H2,1-6H3. The van der Waals surface area contributed by atoms with Gasteiger partial charge >= 0.3 is 7.12 Å². The summed E-state index contributed by atoms with van der Waals surface area (Å²) in [6, 6.07) is 4.55. The molecule has 3 rings (SSSR count). The van der Waals surface area contributed by atoms with Gasteiger partial charge in [0.1, 0.15) is 23.1 Å². The molecule has 148 valence electrons. The van der Waals surface area contributed by atoms with Crippen LogP contribution in [0, 0.1) is 23.0 Å². The summed E-state index contributed by atoms with van der Waals surface area (Å²) in [6.07, 6.45) is 0. The minimum atomic E-state index is -1.13. The third kappa shape index (κ3) is 2.97. The number of nitriles is 1. The van der Waals surface area contributed by atoms with Crippen molar-refractivity contribution in [3.63, 3.8) is 0 Å². The van der Waals surface area contributed by atoms with E-state index in [0.29, 0.717) is 0 Å². The average molecular weight is 388 g/mol. The fraction of sp³-hybridized carbons (Fsp3) is 0.474. The van der Waals surface area contributed by atoms with Crippen LogP contribution >= 0.6 is 0 Å². The summed E-state index contributed by atoms with van der Waals surface area (Å²) in [7, 11) is -1.04. The number of hydrogen-bond acceptors (Lipinski definition) is 5. The predicted octanol–water partition coefficient (Wildman–Crippen LogP) is 3.16. The van der Waals surface area contributed by atoms with Gasteiger partial charge in [-0.3, -0.25) is 0 Å². The molecule has 0 saturated carbocycles. The quantitative estimate of drug-likeness (QED) is 0.817. The highest BCUT2D eigenvalue weighted by molar-refractivity contribution is 6.62. The number of halogens is 2. The minimum absolute atomic E-state index is 0.00516. The second-order valence-electron chi connectivity index (χ2n) is 8.18. The normalized spacial score (nSPS) is 17.9. The highest BCUT2D eigenvalue weighted by Gasteiger charge is 2.52. The van der Waals surface area contributed by atoms with E-state index < -0.39 is 30.0 Å². The van der Waals surface area contributed by atoms with Crippen molar-refractivity contribution in [3.05, 3.63) is 29.3 Å². The van der Waals surface area contributed by atoms with E-state index in [1.165, 1.54) is 16.8 Å². The maximum absolute atomic E-state index is 15.0. The fourth-order valence-corrected chi connectivity index (χ4v) is 3.04. The molecule has 6 nitrogen and oxygen atoms in total. The monoisotopic (exact) mass is 388 g/mol. The molecule has 1 saturated heterocycles. The molecule has 2 heterocycles. The summed E-state index contributed by atoms with van der Waals surface area (Å²) in [5.74, 6) is -2.11. The van der Waals surface area contributed by atoms with E-state index in [1.807, 2.05) is 47.6 Å². The number of anilines is 1. The molecule has 9 heteroatoms. The molecule has 28 heavy (non-hydrogen) atoms. The molecule has 1 aromatic carbocycles. The van der Waals surface area contributed by atoms with Gasteiger partial charge in [0.25, 0.3) is 0 Å². The molecule has 1 aliphatic heterocycles. The van der Waals surface area contributed by atoms with E-state index in [2.05, 4.69) is 5.10 Å². The third-order valence-corrected chi connectivity index (χ3v) is 5.42. The van der Waals surface area contributed by atoms with Gasteiger partial charge in [0.2, 0.25) is 0 Å². The Morgan fingerprint density at radius 3 is 2.21 bits per heavy atom. The van der Waals surface area contributed by atoms with Crippen LogP contribution in [-0.4, -0.2) is 28.1 Å². The van der Waals surface area contributed by atoms with E-state index in [-0.39, 0.29) is 34.1 Å². The number of benzene rings is 1. The van der Waals surface area contributed by atoms with E-state index in [0.717, 1.165) is 0 Å². The Morgan fingerprint density at radius 1 is 1.14 bits per heavy atom. The van der Waals surface area contributed by atoms with Gasteiger partial charge in [-0.2, -0.15) is 10.4 Å². The Kier molecular flexibility index (Phi) is 4.76. The van der Waals surface area contributed by atoms with Crippen LogP contribution in [0.4, 0.5) is 14.6 Å². The second kappa shape index (κ2) is 6.57. The first-order valence-corrected chi connectivity index (χ1v) is 9.03. The largest absolute Gasteiger partial charge is 0.497 e. The fourth-order valence-electron chi connectivity index (χ4n) is 3.04. The molecule has 0 unspecified atom stereocenters. The Bertz CT molecular complexity index is 963. The van der Waals surface area contributed by atoms with Crippen LogP contribution in [0.2, 0.25) is 0 Å². The Balaban J connectivity index is 2.08. The molecule has 1 aromatic heterocycles. The molecule has 2 N–H and O–H groups in total. The first-order chi connectivity index (χ1) is 12.9. The maximum Gasteiger partial charge on any atom is 0.497 e. The SMILES string of the molecule is CC(C)n1nc(-c2ccc(B3OC(C)(C)C(C)(C)O3)c(F)c2F)c(C#N)c1N. The minimum Gasteiger partial charge on any atom is -0.399 e. The number of nitrogens with two attached hydrogens (primary N) is 1. The second-order valence-corrected chi connectivity index (χ2v) is 8.18. The van der Waals surface area contributed by atoms with Crippen LogP contribution in [-0.2, 0) is 9.31 Å². The van der Waals surface area contributed by atoms with Gasteiger partial charge in [-0.15, -0.1) is 0 Å². The molecular weight excluding hydrogens is 365 g/mol. The first kappa shape index (κ1) is 20.3. The van der Waals surface area contributed by atoms with Crippen molar-refractivity contribution < 1.29 is 18.1 Å². The number of aromatic nitrogens is 2. The van der Waals surface area contributed by atoms with Gasteiger partial charge < -0.3 is 15.0 Å². The number of hydrogen-bond donors (Lipinski definition) is 1. The first-order valence-electron chi connectivity index (χ1n) is 9.03. The van der Waals surface area contributed by atoms with E-state index in [4.69, 9.17) is 15.0 Å². The maximum atomic E-state index is 15.0. The van der Waals surface area contributed by atoms with Crippen molar-refractivity contribution >= 4 is 18.4 Å². The van der Waals surface area contributed by atoms with E-state index in [1.54, 1.807) is 0 Å². The van der Waals surface area contributed by atoms with Crippen LogP contribution in [0.25, 0.3) is 11.3 Å². The van der Waals surface area contributed by atoms with Crippen molar-refractivity contribution in [2.75, 3.05) is 5.73 Å². The lowest BCUT2D eigenvalue weighted by Crippen LogP contribution is -2.41. The van der Waals surface area contributed by atoms with Crippen LogP contribution < -0.4 is 11.2 Å². The molecule has 1 aliphatic rings. The van der Waals surface area contributed by atoms with Gasteiger partial charge in [-0.05, 0) is 47.6 Å². The van der Waals surface area contributed by atoms with Crippen LogP contribution in [0.5, 0.6) is 0 Å². The number of rotatable bonds is 3. The molecular formula is C19H23BF2N4O2. The lowest BCUT2D eigenvalue weighted by Gasteiger charge is -2.32. The van der Waals surface area contributed by atoms with Crippen molar-refractivity contribution in [3.8, 4) is 17.3 Å². The lowest BCUT2D eigenvalue weighted by atomic mass is 9.78. The van der Waals surface area contributed by atoms with Gasteiger partial charge in [-0.25, -0.2) is 13.5 Å². The molecule has 2 aromatic rings. The molecule has 0 amide bonds. The molecule has 0 atom stereocenters. The zero-order valence-electron chi connectivity index (χ0n) is 16.8. The zero-order valence-corrected chi connectivity index (χ0v) is 16.8. The summed E-state index contributed by atoms with van der Waals surface area (Å²) < 4.78 is 42.9. The highest BCUT2D eigenvalue weighted by Crippen LogP contribution is 2.37. The van der Waals surface area contributed by atoms with Crippen molar-refractivity contribution in [1.29, 1.82) is 5.26 Å². The summed E-state index contributed by atoms with van der Waals surface area (Å²) in [5.41, 5.74) is 4.42. The van der Waals surface area contributed by atoms with Crippen LogP contribution in [0.15, 0.2) is 12.1 Å². The third-order valence-electron chi connectivity index (χ3n) is 5.42. The number of nitrogen functional groups attached to an aromatic ring is 1.